The van der Waals surface area contributed by atoms with E-state index in [1.165, 1.54) is 30.6 Å². The van der Waals surface area contributed by atoms with Crippen LogP contribution < -0.4 is 10.1 Å². The van der Waals surface area contributed by atoms with Crippen molar-refractivity contribution in [2.75, 3.05) is 0 Å². The normalized spacial score (nSPS) is 16.1. The van der Waals surface area contributed by atoms with Crippen molar-refractivity contribution in [2.24, 2.45) is 0 Å². The zero-order valence-electron chi connectivity index (χ0n) is 17.5. The van der Waals surface area contributed by atoms with Crippen molar-refractivity contribution in [2.45, 2.75) is 25.0 Å². The number of allylic oxidation sites excluding steroid dienone is 2. The Balaban J connectivity index is 1.48. The number of nitrogens with zero attached hydrogens (tertiary/aromatic N) is 1. The predicted octanol–water partition coefficient (Wildman–Crippen LogP) is 6.99. The SMILES string of the molecule is FC(F)(F)C1=CC=CNC1c1ccccc1COc1ccc(-c2ccc(C(F)(F)F)cc2)cn1. The Morgan fingerprint density at radius 3 is 2.18 bits per heavy atom. The molecule has 0 radical (unpaired) electrons. The van der Waals surface area contributed by atoms with Gasteiger partial charge in [-0.25, -0.2) is 4.98 Å². The molecule has 1 aromatic heterocycles. The molecule has 0 aliphatic carbocycles. The fourth-order valence-corrected chi connectivity index (χ4v) is 3.59. The van der Waals surface area contributed by atoms with E-state index in [-0.39, 0.29) is 12.5 Å². The molecule has 3 aromatic rings. The highest BCUT2D eigenvalue weighted by molar-refractivity contribution is 5.63. The fraction of sp³-hybridized carbons (Fsp3) is 0.160. The lowest BCUT2D eigenvalue weighted by molar-refractivity contribution is -0.137. The summed E-state index contributed by atoms with van der Waals surface area (Å²) in [6.45, 7) is -0.0180. The molecule has 1 aliphatic rings. The molecular formula is C25H18F6N2O. The largest absolute Gasteiger partial charge is 0.473 e. The summed E-state index contributed by atoms with van der Waals surface area (Å²) in [6, 6.07) is 13.5. The molecule has 2 heterocycles. The molecule has 1 N–H and O–H groups in total. The molecule has 1 atom stereocenters. The van der Waals surface area contributed by atoms with Crippen molar-refractivity contribution in [1.29, 1.82) is 0 Å². The first-order valence-corrected chi connectivity index (χ1v) is 10.2. The minimum atomic E-state index is -4.49. The number of alkyl halides is 6. The van der Waals surface area contributed by atoms with E-state index in [2.05, 4.69) is 10.3 Å². The van der Waals surface area contributed by atoms with Crippen LogP contribution in [0.4, 0.5) is 26.3 Å². The van der Waals surface area contributed by atoms with Gasteiger partial charge in [-0.15, -0.1) is 0 Å². The van der Waals surface area contributed by atoms with Crippen molar-refractivity contribution in [3.05, 3.63) is 107 Å². The highest BCUT2D eigenvalue weighted by Crippen LogP contribution is 2.38. The van der Waals surface area contributed by atoms with Gasteiger partial charge in [0.25, 0.3) is 0 Å². The van der Waals surface area contributed by atoms with E-state index in [4.69, 9.17) is 4.74 Å². The number of halogens is 6. The van der Waals surface area contributed by atoms with E-state index in [1.807, 2.05) is 0 Å². The third-order valence-electron chi connectivity index (χ3n) is 5.30. The summed E-state index contributed by atoms with van der Waals surface area (Å²) in [5.74, 6) is 0.230. The number of ether oxygens (including phenoxy) is 1. The zero-order valence-corrected chi connectivity index (χ0v) is 17.5. The minimum Gasteiger partial charge on any atom is -0.473 e. The Bertz CT molecular complexity index is 1200. The molecule has 3 nitrogen and oxygen atoms in total. The van der Waals surface area contributed by atoms with Crippen LogP contribution in [0.3, 0.4) is 0 Å². The van der Waals surface area contributed by atoms with Crippen LogP contribution in [0.1, 0.15) is 22.7 Å². The molecule has 0 saturated carbocycles. The molecule has 34 heavy (non-hydrogen) atoms. The van der Waals surface area contributed by atoms with Gasteiger partial charge in [0.1, 0.15) is 6.61 Å². The maximum Gasteiger partial charge on any atom is 0.416 e. The molecule has 2 aromatic carbocycles. The minimum absolute atomic E-state index is 0.0180. The van der Waals surface area contributed by atoms with E-state index in [0.29, 0.717) is 22.3 Å². The van der Waals surface area contributed by atoms with Gasteiger partial charge in [0.15, 0.2) is 0 Å². The topological polar surface area (TPSA) is 34.1 Å². The number of hydrogen-bond acceptors (Lipinski definition) is 3. The van der Waals surface area contributed by atoms with Gasteiger partial charge >= 0.3 is 12.4 Å². The number of pyridine rings is 1. The zero-order chi connectivity index (χ0) is 24.3. The lowest BCUT2D eigenvalue weighted by atomic mass is 9.92. The van der Waals surface area contributed by atoms with Gasteiger partial charge in [-0.05, 0) is 47.2 Å². The van der Waals surface area contributed by atoms with Crippen molar-refractivity contribution >= 4 is 0 Å². The van der Waals surface area contributed by atoms with Crippen LogP contribution in [0.2, 0.25) is 0 Å². The molecule has 176 valence electrons. The van der Waals surface area contributed by atoms with Crippen LogP contribution in [-0.2, 0) is 12.8 Å². The van der Waals surface area contributed by atoms with Gasteiger partial charge in [0.05, 0.1) is 17.2 Å². The average molecular weight is 476 g/mol. The first-order valence-electron chi connectivity index (χ1n) is 10.2. The summed E-state index contributed by atoms with van der Waals surface area (Å²) in [6.07, 6.45) is -3.64. The monoisotopic (exact) mass is 476 g/mol. The number of dihydropyridines is 1. The Kier molecular flexibility index (Phi) is 6.37. The highest BCUT2D eigenvalue weighted by Gasteiger charge is 2.40. The molecule has 1 unspecified atom stereocenters. The Labute approximate surface area is 191 Å². The number of hydrogen-bond donors (Lipinski definition) is 1. The highest BCUT2D eigenvalue weighted by atomic mass is 19.4. The molecule has 0 bridgehead atoms. The lowest BCUT2D eigenvalue weighted by Gasteiger charge is -2.27. The van der Waals surface area contributed by atoms with Gasteiger partial charge in [-0.3, -0.25) is 0 Å². The van der Waals surface area contributed by atoms with Crippen molar-refractivity contribution in [1.82, 2.24) is 10.3 Å². The summed E-state index contributed by atoms with van der Waals surface area (Å²) in [5.41, 5.74) is 0.687. The lowest BCUT2D eigenvalue weighted by Crippen LogP contribution is -2.29. The molecule has 0 saturated heterocycles. The third-order valence-corrected chi connectivity index (χ3v) is 5.30. The predicted molar refractivity (Wildman–Crippen MR) is 115 cm³/mol. The van der Waals surface area contributed by atoms with Gasteiger partial charge < -0.3 is 10.1 Å². The summed E-state index contributed by atoms with van der Waals surface area (Å²) in [4.78, 5) is 4.18. The summed E-state index contributed by atoms with van der Waals surface area (Å²) >= 11 is 0. The van der Waals surface area contributed by atoms with E-state index >= 15 is 0 Å². The van der Waals surface area contributed by atoms with E-state index < -0.39 is 29.5 Å². The second-order valence-corrected chi connectivity index (χ2v) is 7.53. The van der Waals surface area contributed by atoms with Gasteiger partial charge in [-0.1, -0.05) is 42.5 Å². The molecule has 0 fully saturated rings. The van der Waals surface area contributed by atoms with Crippen LogP contribution in [0.15, 0.2) is 90.8 Å². The second kappa shape index (κ2) is 9.24. The Hall–Kier alpha value is -3.75. The van der Waals surface area contributed by atoms with Crippen LogP contribution in [0, 0.1) is 0 Å². The maximum absolute atomic E-state index is 13.5. The van der Waals surface area contributed by atoms with E-state index in [0.717, 1.165) is 18.2 Å². The van der Waals surface area contributed by atoms with Gasteiger partial charge in [-0.2, -0.15) is 26.3 Å². The number of nitrogens with one attached hydrogen (secondary N) is 1. The van der Waals surface area contributed by atoms with E-state index in [9.17, 15) is 26.3 Å². The van der Waals surface area contributed by atoms with Gasteiger partial charge in [0, 0.05) is 17.8 Å². The van der Waals surface area contributed by atoms with Crippen molar-refractivity contribution in [3.63, 3.8) is 0 Å². The first kappa shape index (κ1) is 23.4. The van der Waals surface area contributed by atoms with Gasteiger partial charge in [0.2, 0.25) is 5.88 Å². The first-order chi connectivity index (χ1) is 16.1. The molecule has 9 heteroatoms. The molecule has 0 spiro atoms. The quantitative estimate of drug-likeness (QED) is 0.403. The van der Waals surface area contributed by atoms with Crippen molar-refractivity contribution < 1.29 is 31.1 Å². The number of benzene rings is 2. The van der Waals surface area contributed by atoms with Crippen LogP contribution >= 0.6 is 0 Å². The molecule has 1 aliphatic heterocycles. The number of rotatable bonds is 5. The summed E-state index contributed by atoms with van der Waals surface area (Å²) in [7, 11) is 0. The molecular weight excluding hydrogens is 458 g/mol. The molecule has 4 rings (SSSR count). The molecule has 0 amide bonds. The van der Waals surface area contributed by atoms with E-state index in [1.54, 1.807) is 36.4 Å². The van der Waals surface area contributed by atoms with Crippen molar-refractivity contribution in [3.8, 4) is 17.0 Å². The standard InChI is InChI=1S/C25H18F6N2O/c26-24(27,28)19-10-7-16(8-11-19)17-9-12-22(33-14-17)34-15-18-4-1-2-5-20(18)23-21(25(29,30)31)6-3-13-32-23/h1-14,23,32H,15H2. The summed E-state index contributed by atoms with van der Waals surface area (Å²) < 4.78 is 84.3. The third kappa shape index (κ3) is 5.24. The summed E-state index contributed by atoms with van der Waals surface area (Å²) in [5, 5.41) is 2.76. The van der Waals surface area contributed by atoms with Crippen LogP contribution in [0.25, 0.3) is 11.1 Å². The fourth-order valence-electron chi connectivity index (χ4n) is 3.59. The number of aromatic nitrogens is 1. The average Bonchev–Trinajstić information content (AvgIpc) is 2.82. The Morgan fingerprint density at radius 1 is 0.824 bits per heavy atom. The maximum atomic E-state index is 13.5. The van der Waals surface area contributed by atoms with Crippen LogP contribution in [-0.4, -0.2) is 11.2 Å². The Morgan fingerprint density at radius 2 is 1.53 bits per heavy atom. The van der Waals surface area contributed by atoms with Crippen LogP contribution in [0.5, 0.6) is 5.88 Å². The second-order valence-electron chi connectivity index (χ2n) is 7.53. The smallest absolute Gasteiger partial charge is 0.416 e.